The number of likely N-dealkylation sites (tertiary alicyclic amines) is 1. The molecule has 3 N–H and O–H groups in total. The maximum atomic E-state index is 11.7. The summed E-state index contributed by atoms with van der Waals surface area (Å²) in [6, 6.07) is -0.864. The van der Waals surface area contributed by atoms with Crippen LogP contribution in [0, 0.1) is 11.8 Å². The van der Waals surface area contributed by atoms with Gasteiger partial charge in [-0.3, -0.25) is 9.59 Å². The van der Waals surface area contributed by atoms with E-state index in [0.29, 0.717) is 6.42 Å². The second kappa shape index (κ2) is 5.16. The summed E-state index contributed by atoms with van der Waals surface area (Å²) in [6.07, 6.45) is 0.678. The van der Waals surface area contributed by atoms with Crippen molar-refractivity contribution in [2.75, 3.05) is 6.54 Å². The molecule has 1 fully saturated rings. The van der Waals surface area contributed by atoms with E-state index in [2.05, 4.69) is 0 Å². The SMILES string of the molecule is CC[C@H](C)[C@H](C(=O)O)N1CC(C(N)=O)CC1=O. The summed E-state index contributed by atoms with van der Waals surface area (Å²) in [7, 11) is 0. The van der Waals surface area contributed by atoms with Crippen molar-refractivity contribution < 1.29 is 19.5 Å². The Balaban J connectivity index is 2.86. The molecule has 0 saturated carbocycles. The van der Waals surface area contributed by atoms with Crippen molar-refractivity contribution in [1.29, 1.82) is 0 Å². The minimum Gasteiger partial charge on any atom is -0.480 e. The van der Waals surface area contributed by atoms with E-state index >= 15 is 0 Å². The number of rotatable bonds is 5. The number of hydrogen-bond donors (Lipinski definition) is 2. The molecule has 6 nitrogen and oxygen atoms in total. The van der Waals surface area contributed by atoms with Crippen LogP contribution in [-0.4, -0.2) is 40.4 Å². The third-order valence-corrected chi connectivity index (χ3v) is 3.33. The molecule has 1 heterocycles. The lowest BCUT2D eigenvalue weighted by molar-refractivity contribution is -0.150. The smallest absolute Gasteiger partial charge is 0.326 e. The van der Waals surface area contributed by atoms with Crippen LogP contribution < -0.4 is 5.73 Å². The Morgan fingerprint density at radius 1 is 1.59 bits per heavy atom. The van der Waals surface area contributed by atoms with E-state index in [9.17, 15) is 14.4 Å². The summed E-state index contributed by atoms with van der Waals surface area (Å²) >= 11 is 0. The number of carboxylic acid groups (broad SMARTS) is 1. The Morgan fingerprint density at radius 2 is 2.18 bits per heavy atom. The van der Waals surface area contributed by atoms with Gasteiger partial charge in [0.25, 0.3) is 0 Å². The molecule has 0 bridgehead atoms. The topological polar surface area (TPSA) is 101 Å². The highest BCUT2D eigenvalue weighted by Gasteiger charge is 2.41. The first-order valence-electron chi connectivity index (χ1n) is 5.70. The quantitative estimate of drug-likeness (QED) is 0.698. The number of carbonyl (C=O) groups excluding carboxylic acids is 2. The largest absolute Gasteiger partial charge is 0.480 e. The zero-order valence-electron chi connectivity index (χ0n) is 10.0. The Hall–Kier alpha value is -1.59. The van der Waals surface area contributed by atoms with Gasteiger partial charge in [-0.1, -0.05) is 20.3 Å². The highest BCUT2D eigenvalue weighted by atomic mass is 16.4. The van der Waals surface area contributed by atoms with Crippen molar-refractivity contribution >= 4 is 17.8 Å². The van der Waals surface area contributed by atoms with Gasteiger partial charge in [0.1, 0.15) is 6.04 Å². The standard InChI is InChI=1S/C11H18N2O4/c1-3-6(2)9(11(16)17)13-5-7(10(12)15)4-8(13)14/h6-7,9H,3-5H2,1-2H3,(H2,12,15)(H,16,17)/t6-,7?,9+/m0/s1. The van der Waals surface area contributed by atoms with Crippen LogP contribution in [-0.2, 0) is 14.4 Å². The minimum atomic E-state index is -1.03. The highest BCUT2D eigenvalue weighted by Crippen LogP contribution is 2.24. The van der Waals surface area contributed by atoms with Crippen molar-refractivity contribution in [3.05, 3.63) is 0 Å². The molecule has 0 aromatic carbocycles. The fourth-order valence-electron chi connectivity index (χ4n) is 2.10. The minimum absolute atomic E-state index is 0.0234. The Labute approximate surface area is 99.8 Å². The molecule has 1 aliphatic heterocycles. The second-order valence-electron chi connectivity index (χ2n) is 4.52. The van der Waals surface area contributed by atoms with E-state index in [0.717, 1.165) is 0 Å². The van der Waals surface area contributed by atoms with Gasteiger partial charge in [0.2, 0.25) is 11.8 Å². The molecular formula is C11H18N2O4. The molecule has 1 saturated heterocycles. The Bertz CT molecular complexity index is 342. The molecule has 6 heteroatoms. The van der Waals surface area contributed by atoms with Crippen molar-refractivity contribution in [2.24, 2.45) is 17.6 Å². The van der Waals surface area contributed by atoms with Gasteiger partial charge in [0.05, 0.1) is 5.92 Å². The Kier molecular flexibility index (Phi) is 4.09. The number of aliphatic carboxylic acids is 1. The predicted molar refractivity (Wildman–Crippen MR) is 59.9 cm³/mol. The van der Waals surface area contributed by atoms with Crippen LogP contribution in [0.5, 0.6) is 0 Å². The Morgan fingerprint density at radius 3 is 2.53 bits per heavy atom. The number of nitrogens with zero attached hydrogens (tertiary/aromatic N) is 1. The molecule has 0 aromatic rings. The summed E-state index contributed by atoms with van der Waals surface area (Å²) in [5.41, 5.74) is 5.14. The first-order chi connectivity index (χ1) is 7.88. The monoisotopic (exact) mass is 242 g/mol. The zero-order chi connectivity index (χ0) is 13.2. The van der Waals surface area contributed by atoms with Gasteiger partial charge in [-0.15, -0.1) is 0 Å². The van der Waals surface area contributed by atoms with Crippen molar-refractivity contribution in [3.8, 4) is 0 Å². The van der Waals surface area contributed by atoms with Crippen molar-refractivity contribution in [2.45, 2.75) is 32.7 Å². The highest BCUT2D eigenvalue weighted by molar-refractivity contribution is 5.91. The number of amides is 2. The maximum Gasteiger partial charge on any atom is 0.326 e. The first-order valence-corrected chi connectivity index (χ1v) is 5.70. The molecule has 1 aliphatic rings. The van der Waals surface area contributed by atoms with E-state index in [-0.39, 0.29) is 24.8 Å². The molecule has 2 amide bonds. The number of carbonyl (C=O) groups is 3. The van der Waals surface area contributed by atoms with Gasteiger partial charge in [0, 0.05) is 13.0 Å². The van der Waals surface area contributed by atoms with E-state index in [4.69, 9.17) is 10.8 Å². The molecular weight excluding hydrogens is 224 g/mol. The van der Waals surface area contributed by atoms with Crippen molar-refractivity contribution in [1.82, 2.24) is 4.90 Å². The van der Waals surface area contributed by atoms with E-state index in [1.165, 1.54) is 4.90 Å². The lowest BCUT2D eigenvalue weighted by atomic mass is 9.98. The van der Waals surface area contributed by atoms with Crippen molar-refractivity contribution in [3.63, 3.8) is 0 Å². The van der Waals surface area contributed by atoms with Gasteiger partial charge in [-0.25, -0.2) is 4.79 Å². The van der Waals surface area contributed by atoms with Crippen LogP contribution in [0.3, 0.4) is 0 Å². The van der Waals surface area contributed by atoms with Crippen LogP contribution in [0.1, 0.15) is 26.7 Å². The third kappa shape index (κ3) is 2.75. The molecule has 0 radical (unpaired) electrons. The van der Waals surface area contributed by atoms with E-state index in [1.807, 2.05) is 6.92 Å². The van der Waals surface area contributed by atoms with E-state index in [1.54, 1.807) is 6.92 Å². The zero-order valence-corrected chi connectivity index (χ0v) is 10.0. The summed E-state index contributed by atoms with van der Waals surface area (Å²) in [5.74, 6) is -2.59. The van der Waals surface area contributed by atoms with E-state index < -0.39 is 23.8 Å². The summed E-state index contributed by atoms with van der Waals surface area (Å²) < 4.78 is 0. The normalized spacial score (nSPS) is 23.5. The average Bonchev–Trinajstić information content (AvgIpc) is 2.60. The molecule has 96 valence electrons. The number of carboxylic acids is 1. The molecule has 1 rings (SSSR count). The van der Waals surface area contributed by atoms with Crippen LogP contribution in [0.4, 0.5) is 0 Å². The lowest BCUT2D eigenvalue weighted by Gasteiger charge is -2.28. The lowest BCUT2D eigenvalue weighted by Crippen LogP contribution is -2.46. The molecule has 0 aromatic heterocycles. The number of hydrogen-bond acceptors (Lipinski definition) is 3. The summed E-state index contributed by atoms with van der Waals surface area (Å²) in [6.45, 7) is 3.77. The van der Waals surface area contributed by atoms with Crippen LogP contribution in [0.25, 0.3) is 0 Å². The van der Waals surface area contributed by atoms with Gasteiger partial charge < -0.3 is 15.7 Å². The third-order valence-electron chi connectivity index (χ3n) is 3.33. The van der Waals surface area contributed by atoms with Gasteiger partial charge in [-0.2, -0.15) is 0 Å². The first kappa shape index (κ1) is 13.5. The molecule has 1 unspecified atom stereocenters. The predicted octanol–water partition coefficient (Wildman–Crippen LogP) is -0.180. The fraction of sp³-hybridized carbons (Fsp3) is 0.727. The maximum absolute atomic E-state index is 11.7. The summed E-state index contributed by atoms with van der Waals surface area (Å²) in [4.78, 5) is 35.2. The summed E-state index contributed by atoms with van der Waals surface area (Å²) in [5, 5.41) is 9.17. The van der Waals surface area contributed by atoms with Gasteiger partial charge >= 0.3 is 5.97 Å². The van der Waals surface area contributed by atoms with Crippen LogP contribution >= 0.6 is 0 Å². The van der Waals surface area contributed by atoms with Crippen LogP contribution in [0.15, 0.2) is 0 Å². The van der Waals surface area contributed by atoms with Gasteiger partial charge in [-0.05, 0) is 5.92 Å². The number of primary amides is 1. The average molecular weight is 242 g/mol. The second-order valence-corrected chi connectivity index (χ2v) is 4.52. The van der Waals surface area contributed by atoms with Crippen LogP contribution in [0.2, 0.25) is 0 Å². The molecule has 17 heavy (non-hydrogen) atoms. The molecule has 0 spiro atoms. The molecule has 0 aliphatic carbocycles. The van der Waals surface area contributed by atoms with Gasteiger partial charge in [0.15, 0.2) is 0 Å². The fourth-order valence-corrected chi connectivity index (χ4v) is 2.10. The molecule has 3 atom stereocenters. The number of nitrogens with two attached hydrogens (primary N) is 1.